The van der Waals surface area contributed by atoms with Crippen LogP contribution in [0.15, 0.2) is 64.8 Å². The molecule has 2 aromatic carbocycles. The van der Waals surface area contributed by atoms with Gasteiger partial charge in [0.1, 0.15) is 5.03 Å². The van der Waals surface area contributed by atoms with Crippen LogP contribution in [0.4, 0.5) is 18.9 Å². The van der Waals surface area contributed by atoms with E-state index in [1.54, 1.807) is 6.07 Å². The number of nitrogens with zero attached hydrogens (tertiary/aromatic N) is 2. The number of benzene rings is 2. The highest BCUT2D eigenvalue weighted by Gasteiger charge is 2.33. The van der Waals surface area contributed by atoms with Crippen molar-refractivity contribution in [3.05, 3.63) is 76.4 Å². The summed E-state index contributed by atoms with van der Waals surface area (Å²) in [6.45, 7) is 1.82. The normalized spacial score (nSPS) is 11.4. The monoisotopic (exact) mass is 483 g/mol. The van der Waals surface area contributed by atoms with Gasteiger partial charge in [0.2, 0.25) is 5.91 Å². The third-order valence-corrected chi connectivity index (χ3v) is 6.03. The number of thioether (sulfide) groups is 2. The van der Waals surface area contributed by atoms with E-state index in [9.17, 15) is 18.0 Å². The molecule has 31 heavy (non-hydrogen) atoms. The summed E-state index contributed by atoms with van der Waals surface area (Å²) in [4.78, 5) is 21.0. The van der Waals surface area contributed by atoms with Gasteiger partial charge in [-0.1, -0.05) is 59.4 Å². The number of anilines is 1. The lowest BCUT2D eigenvalue weighted by atomic mass is 10.1. The summed E-state index contributed by atoms with van der Waals surface area (Å²) in [7, 11) is 0. The topological polar surface area (TPSA) is 54.9 Å². The Kier molecular flexibility index (Phi) is 7.85. The highest BCUT2D eigenvalue weighted by atomic mass is 35.5. The Bertz CT molecular complexity index is 1060. The van der Waals surface area contributed by atoms with E-state index in [0.29, 0.717) is 21.0 Å². The molecule has 0 unspecified atom stereocenters. The molecule has 0 aliphatic rings. The van der Waals surface area contributed by atoms with Crippen LogP contribution in [-0.2, 0) is 16.7 Å². The maximum atomic E-state index is 13.1. The van der Waals surface area contributed by atoms with Gasteiger partial charge in [-0.25, -0.2) is 9.97 Å². The molecule has 1 aromatic heterocycles. The number of hydrogen-bond donors (Lipinski definition) is 1. The van der Waals surface area contributed by atoms with Crippen molar-refractivity contribution in [2.24, 2.45) is 0 Å². The molecule has 3 rings (SSSR count). The molecule has 1 amide bonds. The molecular weight excluding hydrogens is 467 g/mol. The molecule has 0 saturated carbocycles. The second kappa shape index (κ2) is 10.4. The van der Waals surface area contributed by atoms with Gasteiger partial charge in [-0.3, -0.25) is 4.79 Å². The number of alkyl halides is 3. The number of carbonyl (C=O) groups is 1. The van der Waals surface area contributed by atoms with Gasteiger partial charge in [0.25, 0.3) is 0 Å². The van der Waals surface area contributed by atoms with Crippen LogP contribution < -0.4 is 5.32 Å². The largest absolute Gasteiger partial charge is 0.418 e. The molecular formula is C21H17ClF3N3OS2. The van der Waals surface area contributed by atoms with Crippen molar-refractivity contribution >= 4 is 46.7 Å². The van der Waals surface area contributed by atoms with Gasteiger partial charge in [0.05, 0.1) is 17.0 Å². The van der Waals surface area contributed by atoms with Crippen molar-refractivity contribution in [3.8, 4) is 0 Å². The van der Waals surface area contributed by atoms with Crippen LogP contribution in [0.25, 0.3) is 0 Å². The summed E-state index contributed by atoms with van der Waals surface area (Å²) in [5.41, 5.74) is 0.654. The van der Waals surface area contributed by atoms with E-state index in [4.69, 9.17) is 11.6 Å². The SMILES string of the molecule is Cc1cc(SCC(=O)Nc2ccccc2C(F)(F)F)nc(SCc2ccc(Cl)cc2)n1. The smallest absolute Gasteiger partial charge is 0.325 e. The van der Waals surface area contributed by atoms with E-state index in [1.807, 2.05) is 31.2 Å². The molecule has 0 saturated heterocycles. The Morgan fingerprint density at radius 1 is 1.06 bits per heavy atom. The molecule has 0 aliphatic carbocycles. The summed E-state index contributed by atoms with van der Waals surface area (Å²) in [6, 6.07) is 14.1. The second-order valence-electron chi connectivity index (χ2n) is 6.43. The summed E-state index contributed by atoms with van der Waals surface area (Å²) >= 11 is 8.47. The van der Waals surface area contributed by atoms with E-state index in [1.165, 1.54) is 30.0 Å². The van der Waals surface area contributed by atoms with Gasteiger partial charge < -0.3 is 5.32 Å². The molecule has 0 radical (unpaired) electrons. The predicted octanol–water partition coefficient (Wildman–Crippen LogP) is 6.48. The number of halogens is 4. The number of nitrogens with one attached hydrogen (secondary N) is 1. The van der Waals surface area contributed by atoms with Crippen molar-refractivity contribution in [3.63, 3.8) is 0 Å². The number of hydrogen-bond acceptors (Lipinski definition) is 5. The number of amides is 1. The Balaban J connectivity index is 1.60. The molecule has 10 heteroatoms. The van der Waals surface area contributed by atoms with Gasteiger partial charge in [0, 0.05) is 16.5 Å². The molecule has 0 atom stereocenters. The Labute approximate surface area is 191 Å². The van der Waals surface area contributed by atoms with Crippen molar-refractivity contribution in [2.75, 3.05) is 11.1 Å². The van der Waals surface area contributed by atoms with Crippen molar-refractivity contribution in [1.29, 1.82) is 0 Å². The Morgan fingerprint density at radius 3 is 2.48 bits per heavy atom. The summed E-state index contributed by atoms with van der Waals surface area (Å²) in [5.74, 6) is 0.0250. The first-order valence-corrected chi connectivity index (χ1v) is 11.4. The number of para-hydroxylation sites is 1. The maximum absolute atomic E-state index is 13.1. The molecule has 162 valence electrons. The number of carbonyl (C=O) groups excluding carboxylic acids is 1. The molecule has 0 fully saturated rings. The van der Waals surface area contributed by atoms with E-state index in [-0.39, 0.29) is 11.4 Å². The van der Waals surface area contributed by atoms with E-state index in [2.05, 4.69) is 15.3 Å². The third-order valence-electron chi connectivity index (χ3n) is 3.95. The lowest BCUT2D eigenvalue weighted by Crippen LogP contribution is -2.18. The van der Waals surface area contributed by atoms with Gasteiger partial charge in [0.15, 0.2) is 5.16 Å². The van der Waals surface area contributed by atoms with Crippen molar-refractivity contribution in [2.45, 2.75) is 29.0 Å². The Morgan fingerprint density at radius 2 is 1.77 bits per heavy atom. The maximum Gasteiger partial charge on any atom is 0.418 e. The predicted molar refractivity (Wildman–Crippen MR) is 119 cm³/mol. The fourth-order valence-electron chi connectivity index (χ4n) is 2.55. The minimum Gasteiger partial charge on any atom is -0.325 e. The van der Waals surface area contributed by atoms with Crippen molar-refractivity contribution in [1.82, 2.24) is 9.97 Å². The lowest BCUT2D eigenvalue weighted by Gasteiger charge is -2.13. The van der Waals surface area contributed by atoms with E-state index < -0.39 is 17.6 Å². The summed E-state index contributed by atoms with van der Waals surface area (Å²) in [5, 5.41) is 4.12. The van der Waals surface area contributed by atoms with Crippen LogP contribution in [0.3, 0.4) is 0 Å². The minimum absolute atomic E-state index is 0.0794. The first-order chi connectivity index (χ1) is 14.7. The quantitative estimate of drug-likeness (QED) is 0.237. The van der Waals surface area contributed by atoms with Crippen LogP contribution >= 0.6 is 35.1 Å². The number of aryl methyl sites for hydroxylation is 1. The number of rotatable bonds is 7. The average Bonchev–Trinajstić information content (AvgIpc) is 2.71. The number of aromatic nitrogens is 2. The molecule has 1 N–H and O–H groups in total. The zero-order valence-corrected chi connectivity index (χ0v) is 18.6. The first-order valence-electron chi connectivity index (χ1n) is 9.02. The standard InChI is InChI=1S/C21H17ClF3N3OS2/c1-13-10-19(28-20(26-13)31-11-14-6-8-15(22)9-7-14)30-12-18(29)27-17-5-3-2-4-16(17)21(23,24)25/h2-10H,11-12H2,1H3,(H,27,29). The van der Waals surface area contributed by atoms with Gasteiger partial charge >= 0.3 is 6.18 Å². The fourth-order valence-corrected chi connectivity index (χ4v) is 4.34. The fraction of sp³-hybridized carbons (Fsp3) is 0.190. The average molecular weight is 484 g/mol. The minimum atomic E-state index is -4.54. The highest BCUT2D eigenvalue weighted by Crippen LogP contribution is 2.34. The molecule has 3 aromatic rings. The van der Waals surface area contributed by atoms with Crippen LogP contribution in [0.1, 0.15) is 16.8 Å². The van der Waals surface area contributed by atoms with Crippen LogP contribution in [0.2, 0.25) is 5.02 Å². The summed E-state index contributed by atoms with van der Waals surface area (Å²) in [6.07, 6.45) is -4.54. The van der Waals surface area contributed by atoms with Gasteiger partial charge in [-0.05, 0) is 42.8 Å². The van der Waals surface area contributed by atoms with Crippen molar-refractivity contribution < 1.29 is 18.0 Å². The molecule has 0 aliphatic heterocycles. The highest BCUT2D eigenvalue weighted by molar-refractivity contribution is 8.00. The lowest BCUT2D eigenvalue weighted by molar-refractivity contribution is -0.137. The zero-order valence-electron chi connectivity index (χ0n) is 16.2. The first kappa shape index (κ1) is 23.4. The van der Waals surface area contributed by atoms with Crippen LogP contribution in [0, 0.1) is 6.92 Å². The van der Waals surface area contributed by atoms with E-state index >= 15 is 0 Å². The third kappa shape index (κ3) is 7.15. The van der Waals surface area contributed by atoms with Crippen LogP contribution in [-0.4, -0.2) is 21.6 Å². The summed E-state index contributed by atoms with van der Waals surface area (Å²) < 4.78 is 39.2. The van der Waals surface area contributed by atoms with Gasteiger partial charge in [-0.15, -0.1) is 0 Å². The van der Waals surface area contributed by atoms with Gasteiger partial charge in [-0.2, -0.15) is 13.2 Å². The molecule has 1 heterocycles. The molecule has 0 spiro atoms. The van der Waals surface area contributed by atoms with Crippen LogP contribution in [0.5, 0.6) is 0 Å². The Hall–Kier alpha value is -2.23. The molecule has 0 bridgehead atoms. The zero-order chi connectivity index (χ0) is 22.4. The molecule has 4 nitrogen and oxygen atoms in total. The second-order valence-corrected chi connectivity index (χ2v) is 8.80. The van der Waals surface area contributed by atoms with E-state index in [0.717, 1.165) is 29.1 Å².